The third kappa shape index (κ3) is 3.81. The summed E-state index contributed by atoms with van der Waals surface area (Å²) in [5.74, 6) is 0.751. The summed E-state index contributed by atoms with van der Waals surface area (Å²) in [5.41, 5.74) is 1.55. The second-order valence-corrected chi connectivity index (χ2v) is 7.09. The van der Waals surface area contributed by atoms with E-state index in [1.54, 1.807) is 22.7 Å². The largest absolute Gasteiger partial charge is 0.345 e. The smallest absolute Gasteiger partial charge is 0.258 e. The normalized spacial score (nSPS) is 11.3. The zero-order valence-electron chi connectivity index (χ0n) is 15.6. The van der Waals surface area contributed by atoms with E-state index in [0.717, 1.165) is 11.6 Å². The first kappa shape index (κ1) is 19.0. The van der Waals surface area contributed by atoms with Crippen molar-refractivity contribution in [3.8, 4) is 11.5 Å². The van der Waals surface area contributed by atoms with Crippen molar-refractivity contribution in [2.45, 2.75) is 26.3 Å². The summed E-state index contributed by atoms with van der Waals surface area (Å²) in [4.78, 5) is 16.6. The van der Waals surface area contributed by atoms with E-state index in [1.807, 2.05) is 13.8 Å². The molecule has 1 aromatic carbocycles. The number of hydrogen-bond acceptors (Lipinski definition) is 6. The molecule has 29 heavy (non-hydrogen) atoms. The van der Waals surface area contributed by atoms with Gasteiger partial charge in [-0.3, -0.25) is 9.20 Å². The number of fused-ring (bicyclic) bond motifs is 1. The summed E-state index contributed by atoms with van der Waals surface area (Å²) in [6.07, 6.45) is 1.76. The van der Waals surface area contributed by atoms with Crippen LogP contribution < -0.4 is 5.32 Å². The number of rotatable bonds is 5. The van der Waals surface area contributed by atoms with Crippen molar-refractivity contribution < 1.29 is 13.7 Å². The maximum atomic E-state index is 13.2. The van der Waals surface area contributed by atoms with Gasteiger partial charge in [-0.1, -0.05) is 30.6 Å². The van der Waals surface area contributed by atoms with Crippen molar-refractivity contribution in [1.29, 1.82) is 0 Å². The zero-order valence-corrected chi connectivity index (χ0v) is 16.3. The van der Waals surface area contributed by atoms with Crippen molar-refractivity contribution in [3.05, 3.63) is 64.6 Å². The summed E-state index contributed by atoms with van der Waals surface area (Å²) in [6.45, 7) is 4.10. The quantitative estimate of drug-likeness (QED) is 0.535. The SMILES string of the molecule is CC(C)c1noc(-c2ccn3c(CNC(=O)c4ccc(F)c(Cl)c4)nnc3c2)n1. The van der Waals surface area contributed by atoms with Gasteiger partial charge in [0.05, 0.1) is 11.6 Å². The van der Waals surface area contributed by atoms with Crippen LogP contribution in [0.15, 0.2) is 41.1 Å². The van der Waals surface area contributed by atoms with Crippen LogP contribution in [-0.4, -0.2) is 30.6 Å². The number of nitrogens with zero attached hydrogens (tertiary/aromatic N) is 5. The van der Waals surface area contributed by atoms with Gasteiger partial charge in [-0.25, -0.2) is 4.39 Å². The van der Waals surface area contributed by atoms with Gasteiger partial charge in [-0.2, -0.15) is 4.98 Å². The minimum Gasteiger partial charge on any atom is -0.345 e. The second-order valence-electron chi connectivity index (χ2n) is 6.68. The summed E-state index contributed by atoms with van der Waals surface area (Å²) < 4.78 is 20.3. The van der Waals surface area contributed by atoms with Gasteiger partial charge in [0.1, 0.15) is 5.82 Å². The van der Waals surface area contributed by atoms with Crippen molar-refractivity contribution in [2.75, 3.05) is 0 Å². The number of aromatic nitrogens is 5. The van der Waals surface area contributed by atoms with Gasteiger partial charge < -0.3 is 9.84 Å². The number of halogens is 2. The van der Waals surface area contributed by atoms with Crippen LogP contribution in [0.2, 0.25) is 5.02 Å². The van der Waals surface area contributed by atoms with E-state index in [0.29, 0.717) is 23.2 Å². The van der Waals surface area contributed by atoms with Gasteiger partial charge in [0, 0.05) is 23.2 Å². The van der Waals surface area contributed by atoms with E-state index >= 15 is 0 Å². The predicted octanol–water partition coefficient (Wildman–Crippen LogP) is 3.63. The molecule has 3 aromatic heterocycles. The van der Waals surface area contributed by atoms with Gasteiger partial charge in [-0.05, 0) is 30.3 Å². The van der Waals surface area contributed by atoms with Crippen LogP contribution in [-0.2, 0) is 6.54 Å². The molecule has 0 aliphatic rings. The Labute approximate surface area is 169 Å². The van der Waals surface area contributed by atoms with Gasteiger partial charge in [0.2, 0.25) is 0 Å². The van der Waals surface area contributed by atoms with Crippen LogP contribution in [0.3, 0.4) is 0 Å². The molecule has 0 saturated heterocycles. The van der Waals surface area contributed by atoms with E-state index in [1.165, 1.54) is 12.1 Å². The molecular weight excluding hydrogens is 399 g/mol. The summed E-state index contributed by atoms with van der Waals surface area (Å²) >= 11 is 5.72. The Morgan fingerprint density at radius 3 is 2.83 bits per heavy atom. The Bertz CT molecular complexity index is 1200. The number of benzene rings is 1. The zero-order chi connectivity index (χ0) is 20.5. The summed E-state index contributed by atoms with van der Waals surface area (Å²) in [6, 6.07) is 7.36. The topological polar surface area (TPSA) is 98.2 Å². The number of carbonyl (C=O) groups is 1. The molecule has 0 bridgehead atoms. The van der Waals surface area contributed by atoms with Crippen LogP contribution in [0.4, 0.5) is 4.39 Å². The van der Waals surface area contributed by atoms with Crippen LogP contribution in [0.25, 0.3) is 17.1 Å². The highest BCUT2D eigenvalue weighted by molar-refractivity contribution is 6.31. The van der Waals surface area contributed by atoms with Gasteiger partial charge in [0.15, 0.2) is 17.3 Å². The Kier molecular flexibility index (Phi) is 4.98. The van der Waals surface area contributed by atoms with Gasteiger partial charge >= 0.3 is 0 Å². The maximum absolute atomic E-state index is 13.2. The minimum atomic E-state index is -0.579. The first-order valence-electron chi connectivity index (χ1n) is 8.83. The molecule has 3 heterocycles. The standard InChI is InChI=1S/C19H16ClFN6O2/c1-10(2)17-23-19(29-26-17)12-5-6-27-15(8-12)24-25-16(27)9-22-18(28)11-3-4-14(21)13(20)7-11/h3-8,10H,9H2,1-2H3,(H,22,28). The van der Waals surface area contributed by atoms with Crippen molar-refractivity contribution in [3.63, 3.8) is 0 Å². The lowest BCUT2D eigenvalue weighted by atomic mass is 10.2. The summed E-state index contributed by atoms with van der Waals surface area (Å²) in [7, 11) is 0. The van der Waals surface area contributed by atoms with Crippen LogP contribution in [0, 0.1) is 5.82 Å². The fourth-order valence-electron chi connectivity index (χ4n) is 2.68. The van der Waals surface area contributed by atoms with Crippen molar-refractivity contribution in [2.24, 2.45) is 0 Å². The molecule has 0 fully saturated rings. The lowest BCUT2D eigenvalue weighted by molar-refractivity contribution is 0.0949. The molecule has 0 atom stereocenters. The molecule has 0 radical (unpaired) electrons. The van der Waals surface area contributed by atoms with E-state index in [9.17, 15) is 9.18 Å². The maximum Gasteiger partial charge on any atom is 0.258 e. The first-order chi connectivity index (χ1) is 13.9. The van der Waals surface area contributed by atoms with Gasteiger partial charge in [0.25, 0.3) is 11.8 Å². The molecule has 8 nitrogen and oxygen atoms in total. The Hall–Kier alpha value is -3.33. The van der Waals surface area contributed by atoms with E-state index in [2.05, 4.69) is 25.7 Å². The summed E-state index contributed by atoms with van der Waals surface area (Å²) in [5, 5.41) is 14.8. The number of hydrogen-bond donors (Lipinski definition) is 1. The third-order valence-corrected chi connectivity index (χ3v) is 4.56. The van der Waals surface area contributed by atoms with Crippen molar-refractivity contribution in [1.82, 2.24) is 30.1 Å². The van der Waals surface area contributed by atoms with Crippen LogP contribution in [0.5, 0.6) is 0 Å². The third-order valence-electron chi connectivity index (χ3n) is 4.27. The molecule has 4 aromatic rings. The molecule has 0 unspecified atom stereocenters. The highest BCUT2D eigenvalue weighted by atomic mass is 35.5. The molecule has 1 N–H and O–H groups in total. The van der Waals surface area contributed by atoms with E-state index < -0.39 is 11.7 Å². The van der Waals surface area contributed by atoms with Gasteiger partial charge in [-0.15, -0.1) is 10.2 Å². The molecule has 0 saturated carbocycles. The average molecular weight is 415 g/mol. The van der Waals surface area contributed by atoms with Crippen LogP contribution >= 0.6 is 11.6 Å². The highest BCUT2D eigenvalue weighted by Crippen LogP contribution is 2.21. The molecular formula is C19H16ClFN6O2. The monoisotopic (exact) mass is 414 g/mol. The van der Waals surface area contributed by atoms with Crippen molar-refractivity contribution >= 4 is 23.2 Å². The number of nitrogens with one attached hydrogen (secondary N) is 1. The highest BCUT2D eigenvalue weighted by Gasteiger charge is 2.15. The molecule has 0 aliphatic carbocycles. The van der Waals surface area contributed by atoms with Crippen LogP contribution in [0.1, 0.15) is 41.8 Å². The average Bonchev–Trinajstić information content (AvgIpc) is 3.35. The number of carbonyl (C=O) groups excluding carboxylic acids is 1. The Balaban J connectivity index is 1.51. The lowest BCUT2D eigenvalue weighted by Gasteiger charge is -2.05. The number of pyridine rings is 1. The molecule has 10 heteroatoms. The fourth-order valence-corrected chi connectivity index (χ4v) is 2.86. The molecule has 0 aliphatic heterocycles. The minimum absolute atomic E-state index is 0.111. The van der Waals surface area contributed by atoms with E-state index in [4.69, 9.17) is 16.1 Å². The lowest BCUT2D eigenvalue weighted by Crippen LogP contribution is -2.24. The molecule has 148 valence electrons. The Morgan fingerprint density at radius 1 is 1.28 bits per heavy atom. The predicted molar refractivity (Wildman–Crippen MR) is 103 cm³/mol. The molecule has 0 spiro atoms. The second kappa shape index (κ2) is 7.59. The first-order valence-corrected chi connectivity index (χ1v) is 9.21. The number of amides is 1. The fraction of sp³-hybridized carbons (Fsp3) is 0.211. The molecule has 4 rings (SSSR count). The van der Waals surface area contributed by atoms with E-state index in [-0.39, 0.29) is 23.0 Å². The molecule has 1 amide bonds. The Morgan fingerprint density at radius 2 is 2.10 bits per heavy atom.